The van der Waals surface area contributed by atoms with E-state index in [4.69, 9.17) is 4.42 Å². The van der Waals surface area contributed by atoms with Gasteiger partial charge in [0.15, 0.2) is 5.58 Å². The molecule has 0 radical (unpaired) electrons. The van der Waals surface area contributed by atoms with Crippen LogP contribution in [0.5, 0.6) is 0 Å². The fraction of sp³-hybridized carbons (Fsp3) is 0.375. The molecule has 0 spiro atoms. The number of aryl methyl sites for hydroxylation is 1. The molecule has 1 fully saturated rings. The molecule has 138 valence electrons. The van der Waals surface area contributed by atoms with Crippen molar-refractivity contribution in [2.24, 2.45) is 0 Å². The van der Waals surface area contributed by atoms with E-state index < -0.39 is 15.8 Å². The fourth-order valence-electron chi connectivity index (χ4n) is 3.07. The van der Waals surface area contributed by atoms with Gasteiger partial charge in [0.05, 0.1) is 21.1 Å². The molecule has 3 heterocycles. The number of piperazine rings is 1. The Balaban J connectivity index is 1.47. The summed E-state index contributed by atoms with van der Waals surface area (Å²) in [5.41, 5.74) is 1.75. The van der Waals surface area contributed by atoms with E-state index in [1.807, 2.05) is 12.3 Å². The van der Waals surface area contributed by atoms with E-state index in [9.17, 15) is 13.2 Å². The van der Waals surface area contributed by atoms with E-state index in [1.165, 1.54) is 16.4 Å². The van der Waals surface area contributed by atoms with Gasteiger partial charge < -0.3 is 4.42 Å². The number of aromatic nitrogens is 2. The van der Waals surface area contributed by atoms with Gasteiger partial charge in [-0.05, 0) is 19.1 Å². The van der Waals surface area contributed by atoms with Crippen LogP contribution in [0.15, 0.2) is 37.7 Å². The first-order chi connectivity index (χ1) is 12.4. The molecule has 8 nitrogen and oxygen atoms in total. The number of nitrogens with zero attached hydrogens (tertiary/aromatic N) is 3. The molecule has 0 bridgehead atoms. The number of rotatable bonds is 4. The maximum atomic E-state index is 12.9. The van der Waals surface area contributed by atoms with Crippen LogP contribution in [0.1, 0.15) is 10.7 Å². The van der Waals surface area contributed by atoms with E-state index in [-0.39, 0.29) is 10.5 Å². The zero-order valence-corrected chi connectivity index (χ0v) is 15.8. The summed E-state index contributed by atoms with van der Waals surface area (Å²) in [6, 6.07) is 4.44. The van der Waals surface area contributed by atoms with Crippen molar-refractivity contribution in [2.75, 3.05) is 26.2 Å². The Kier molecular flexibility index (Phi) is 4.43. The minimum absolute atomic E-state index is 0.135. The van der Waals surface area contributed by atoms with Crippen LogP contribution in [0.3, 0.4) is 0 Å². The molecule has 4 rings (SSSR count). The Morgan fingerprint density at radius 1 is 1.27 bits per heavy atom. The maximum absolute atomic E-state index is 12.9. The van der Waals surface area contributed by atoms with Crippen LogP contribution >= 0.6 is 11.3 Å². The fourth-order valence-corrected chi connectivity index (χ4v) is 5.12. The number of hydrogen-bond acceptors (Lipinski definition) is 7. The van der Waals surface area contributed by atoms with Crippen LogP contribution in [0.25, 0.3) is 11.1 Å². The Bertz CT molecular complexity index is 1090. The summed E-state index contributed by atoms with van der Waals surface area (Å²) in [6.07, 6.45) is 0. The van der Waals surface area contributed by atoms with Crippen LogP contribution in [0.4, 0.5) is 0 Å². The minimum Gasteiger partial charge on any atom is -0.408 e. The van der Waals surface area contributed by atoms with E-state index >= 15 is 0 Å². The molecule has 1 saturated heterocycles. The minimum atomic E-state index is -3.62. The monoisotopic (exact) mass is 394 g/mol. The number of hydrogen-bond donors (Lipinski definition) is 1. The normalized spacial score (nSPS) is 17.1. The Morgan fingerprint density at radius 3 is 2.73 bits per heavy atom. The highest BCUT2D eigenvalue weighted by Crippen LogP contribution is 2.22. The lowest BCUT2D eigenvalue weighted by Gasteiger charge is -2.33. The zero-order valence-electron chi connectivity index (χ0n) is 14.1. The van der Waals surface area contributed by atoms with Crippen molar-refractivity contribution >= 4 is 32.5 Å². The van der Waals surface area contributed by atoms with Crippen molar-refractivity contribution in [3.63, 3.8) is 0 Å². The van der Waals surface area contributed by atoms with Crippen molar-refractivity contribution in [3.05, 3.63) is 44.8 Å². The number of nitrogens with one attached hydrogen (secondary N) is 1. The predicted molar refractivity (Wildman–Crippen MR) is 97.7 cm³/mol. The average Bonchev–Trinajstić information content (AvgIpc) is 3.18. The van der Waals surface area contributed by atoms with Gasteiger partial charge in [-0.2, -0.15) is 4.31 Å². The van der Waals surface area contributed by atoms with Gasteiger partial charge in [0.1, 0.15) is 0 Å². The highest BCUT2D eigenvalue weighted by Gasteiger charge is 2.29. The largest absolute Gasteiger partial charge is 0.417 e. The van der Waals surface area contributed by atoms with Gasteiger partial charge in [-0.25, -0.2) is 18.2 Å². The number of thiazole rings is 1. The van der Waals surface area contributed by atoms with Crippen LogP contribution in [0.2, 0.25) is 0 Å². The summed E-state index contributed by atoms with van der Waals surface area (Å²) in [5, 5.41) is 3.08. The molecule has 0 atom stereocenters. The van der Waals surface area contributed by atoms with E-state index in [0.29, 0.717) is 31.7 Å². The van der Waals surface area contributed by atoms with Gasteiger partial charge in [-0.15, -0.1) is 11.3 Å². The summed E-state index contributed by atoms with van der Waals surface area (Å²) >= 11 is 1.62. The quantitative estimate of drug-likeness (QED) is 0.718. The lowest BCUT2D eigenvalue weighted by Crippen LogP contribution is -2.48. The number of fused-ring (bicyclic) bond motifs is 1. The standard InChI is InChI=1S/C16H18N4O4S2/c1-11-17-12(10-25-11)9-19-4-6-20(7-5-19)26(22,23)13-2-3-14-15(8-13)24-16(21)18-14/h2-3,8,10H,4-7,9H2,1H3,(H,18,21). The molecule has 0 amide bonds. The third-order valence-electron chi connectivity index (χ3n) is 4.41. The van der Waals surface area contributed by atoms with Crippen molar-refractivity contribution < 1.29 is 12.8 Å². The summed E-state index contributed by atoms with van der Waals surface area (Å²) < 4.78 is 32.2. The zero-order chi connectivity index (χ0) is 18.3. The van der Waals surface area contributed by atoms with Crippen molar-refractivity contribution in [1.29, 1.82) is 0 Å². The molecule has 1 aliphatic rings. The number of oxazole rings is 1. The number of H-pyrrole nitrogens is 1. The second-order valence-electron chi connectivity index (χ2n) is 6.21. The van der Waals surface area contributed by atoms with Gasteiger partial charge in [-0.1, -0.05) is 0 Å². The molecule has 1 aliphatic heterocycles. The second-order valence-corrected chi connectivity index (χ2v) is 9.21. The highest BCUT2D eigenvalue weighted by molar-refractivity contribution is 7.89. The molecule has 26 heavy (non-hydrogen) atoms. The van der Waals surface area contributed by atoms with Gasteiger partial charge in [0, 0.05) is 44.2 Å². The van der Waals surface area contributed by atoms with Crippen LogP contribution in [-0.4, -0.2) is 53.8 Å². The summed E-state index contributed by atoms with van der Waals surface area (Å²) in [7, 11) is -3.62. The van der Waals surface area contributed by atoms with E-state index in [2.05, 4.69) is 14.9 Å². The van der Waals surface area contributed by atoms with Gasteiger partial charge in [-0.3, -0.25) is 9.88 Å². The lowest BCUT2D eigenvalue weighted by molar-refractivity contribution is 0.180. The molecular weight excluding hydrogens is 376 g/mol. The van der Waals surface area contributed by atoms with Crippen molar-refractivity contribution in [3.8, 4) is 0 Å². The second kappa shape index (κ2) is 6.62. The van der Waals surface area contributed by atoms with Crippen molar-refractivity contribution in [2.45, 2.75) is 18.4 Å². The molecule has 3 aromatic rings. The SMILES string of the molecule is Cc1nc(CN2CCN(S(=O)(=O)c3ccc4[nH]c(=O)oc4c3)CC2)cs1. The van der Waals surface area contributed by atoms with Gasteiger partial charge in [0.25, 0.3) is 0 Å². The van der Waals surface area contributed by atoms with Gasteiger partial charge >= 0.3 is 5.76 Å². The molecule has 0 saturated carbocycles. The third kappa shape index (κ3) is 3.32. The molecular formula is C16H18N4O4S2. The molecule has 0 aliphatic carbocycles. The number of sulfonamides is 1. The average molecular weight is 394 g/mol. The van der Waals surface area contributed by atoms with Crippen LogP contribution in [0, 0.1) is 6.92 Å². The molecule has 10 heteroatoms. The first-order valence-electron chi connectivity index (χ1n) is 8.18. The molecule has 0 unspecified atom stereocenters. The topological polar surface area (TPSA) is 99.5 Å². The van der Waals surface area contributed by atoms with Crippen LogP contribution in [-0.2, 0) is 16.6 Å². The van der Waals surface area contributed by atoms with Crippen LogP contribution < -0.4 is 5.76 Å². The first kappa shape index (κ1) is 17.4. The summed E-state index contributed by atoms with van der Waals surface area (Å²) in [5.74, 6) is -0.597. The molecule has 1 N–H and O–H groups in total. The smallest absolute Gasteiger partial charge is 0.408 e. The highest BCUT2D eigenvalue weighted by atomic mass is 32.2. The Morgan fingerprint density at radius 2 is 2.04 bits per heavy atom. The van der Waals surface area contributed by atoms with E-state index in [1.54, 1.807) is 17.4 Å². The lowest BCUT2D eigenvalue weighted by atomic mass is 10.3. The Hall–Kier alpha value is -2.01. The third-order valence-corrected chi connectivity index (χ3v) is 7.13. The Labute approximate surface area is 154 Å². The number of benzene rings is 1. The summed E-state index contributed by atoms with van der Waals surface area (Å²) in [6.45, 7) is 4.84. The molecule has 2 aromatic heterocycles. The van der Waals surface area contributed by atoms with E-state index in [0.717, 1.165) is 17.2 Å². The molecule has 1 aromatic carbocycles. The first-order valence-corrected chi connectivity index (χ1v) is 10.5. The number of aromatic amines is 1. The summed E-state index contributed by atoms with van der Waals surface area (Å²) in [4.78, 5) is 20.5. The maximum Gasteiger partial charge on any atom is 0.417 e. The predicted octanol–water partition coefficient (Wildman–Crippen LogP) is 1.39. The van der Waals surface area contributed by atoms with Gasteiger partial charge in [0.2, 0.25) is 10.0 Å². The van der Waals surface area contributed by atoms with Crippen molar-refractivity contribution in [1.82, 2.24) is 19.2 Å².